The summed E-state index contributed by atoms with van der Waals surface area (Å²) in [4.78, 5) is 58.2. The van der Waals surface area contributed by atoms with Crippen LogP contribution in [0.5, 0.6) is 5.75 Å². The zero-order valence-corrected chi connectivity index (χ0v) is 29.2. The van der Waals surface area contributed by atoms with E-state index in [1.165, 1.54) is 0 Å². The van der Waals surface area contributed by atoms with Gasteiger partial charge in [0.05, 0.1) is 29.2 Å². The Balaban J connectivity index is 1.18. The van der Waals surface area contributed by atoms with E-state index in [0.717, 1.165) is 47.4 Å². The van der Waals surface area contributed by atoms with E-state index in [1.54, 1.807) is 40.5 Å². The van der Waals surface area contributed by atoms with E-state index in [0.29, 0.717) is 44.0 Å². The number of hydrogen-bond donors (Lipinski definition) is 4. The summed E-state index contributed by atoms with van der Waals surface area (Å²) in [5.74, 6) is -0.469. The Morgan fingerprint density at radius 2 is 1.77 bits per heavy atom. The standard InChI is InChI=1S/C36H48N6O5S/c1-24-31(48-23-40-24)26-12-10-25(11-13-26)21-39-34(45)29-9-8-19-42(29)35(46)32(36(2,3)4)41-30(43)22-38-18-6-5-7-20-47-28-16-14-27(15-17-28)33(37)44/h10-17,23,29,32,38H,5-9,18-22H2,1-4H3,(H2,37,44)(H,39,45)(H,41,43)/t29-,32+/m0/s1. The van der Waals surface area contributed by atoms with Gasteiger partial charge in [0.1, 0.15) is 17.8 Å². The third-order valence-electron chi connectivity index (χ3n) is 8.38. The Morgan fingerprint density at radius 1 is 1.04 bits per heavy atom. The first-order chi connectivity index (χ1) is 22.9. The minimum absolute atomic E-state index is 0.0911. The maximum absolute atomic E-state index is 13.8. The minimum atomic E-state index is -0.767. The van der Waals surface area contributed by atoms with Crippen molar-refractivity contribution in [3.63, 3.8) is 0 Å². The quantitative estimate of drug-likeness (QED) is 0.166. The number of rotatable bonds is 16. The number of nitrogens with two attached hydrogens (primary N) is 1. The molecule has 4 amide bonds. The summed E-state index contributed by atoms with van der Waals surface area (Å²) in [6.07, 6.45) is 3.93. The van der Waals surface area contributed by atoms with Gasteiger partial charge in [0.2, 0.25) is 23.6 Å². The summed E-state index contributed by atoms with van der Waals surface area (Å²) in [7, 11) is 0. The van der Waals surface area contributed by atoms with Gasteiger partial charge in [-0.2, -0.15) is 0 Å². The number of ether oxygens (including phenoxy) is 1. The number of carbonyl (C=O) groups is 4. The van der Waals surface area contributed by atoms with Gasteiger partial charge in [-0.3, -0.25) is 19.2 Å². The second kappa shape index (κ2) is 17.2. The first kappa shape index (κ1) is 36.5. The van der Waals surface area contributed by atoms with E-state index in [1.807, 2.05) is 57.5 Å². The van der Waals surface area contributed by atoms with Crippen LogP contribution in [0, 0.1) is 12.3 Å². The van der Waals surface area contributed by atoms with E-state index in [9.17, 15) is 19.2 Å². The Hall–Kier alpha value is -4.29. The molecule has 258 valence electrons. The molecular weight excluding hydrogens is 629 g/mol. The number of carbonyl (C=O) groups excluding carboxylic acids is 4. The number of nitrogens with one attached hydrogen (secondary N) is 3. The third kappa shape index (κ3) is 10.4. The highest BCUT2D eigenvalue weighted by Crippen LogP contribution is 2.28. The molecule has 0 spiro atoms. The fourth-order valence-electron chi connectivity index (χ4n) is 5.63. The second-order valence-electron chi connectivity index (χ2n) is 13.2. The van der Waals surface area contributed by atoms with Gasteiger partial charge in [-0.1, -0.05) is 45.0 Å². The van der Waals surface area contributed by atoms with E-state index < -0.39 is 23.4 Å². The van der Waals surface area contributed by atoms with Crippen molar-refractivity contribution in [2.75, 3.05) is 26.2 Å². The van der Waals surface area contributed by atoms with Crippen molar-refractivity contribution in [3.8, 4) is 16.2 Å². The number of primary amides is 1. The van der Waals surface area contributed by atoms with Crippen LogP contribution in [-0.4, -0.2) is 71.8 Å². The van der Waals surface area contributed by atoms with Crippen LogP contribution in [0.1, 0.15) is 74.5 Å². The summed E-state index contributed by atoms with van der Waals surface area (Å²) in [6, 6.07) is 13.4. The van der Waals surface area contributed by atoms with Gasteiger partial charge in [0, 0.05) is 18.7 Å². The highest BCUT2D eigenvalue weighted by Gasteiger charge is 2.41. The Bertz CT molecular complexity index is 1530. The number of aromatic nitrogens is 1. The lowest BCUT2D eigenvalue weighted by Gasteiger charge is -2.35. The first-order valence-corrected chi connectivity index (χ1v) is 17.4. The van der Waals surface area contributed by atoms with Gasteiger partial charge < -0.3 is 31.3 Å². The van der Waals surface area contributed by atoms with E-state index in [2.05, 4.69) is 20.9 Å². The van der Waals surface area contributed by atoms with Crippen molar-refractivity contribution in [1.29, 1.82) is 0 Å². The van der Waals surface area contributed by atoms with Crippen LogP contribution in [0.15, 0.2) is 54.0 Å². The molecule has 3 aromatic rings. The topological polar surface area (TPSA) is 156 Å². The monoisotopic (exact) mass is 676 g/mol. The number of thiazole rings is 1. The van der Waals surface area contributed by atoms with Crippen LogP contribution in [0.3, 0.4) is 0 Å². The average Bonchev–Trinajstić information content (AvgIpc) is 3.73. The molecule has 12 heteroatoms. The van der Waals surface area contributed by atoms with Gasteiger partial charge >= 0.3 is 0 Å². The molecule has 4 rings (SSSR count). The second-order valence-corrected chi connectivity index (χ2v) is 14.1. The van der Waals surface area contributed by atoms with Crippen LogP contribution in [0.4, 0.5) is 0 Å². The predicted molar refractivity (Wildman–Crippen MR) is 187 cm³/mol. The van der Waals surface area contributed by atoms with E-state index in [-0.39, 0.29) is 24.3 Å². The molecule has 2 atom stereocenters. The number of amides is 4. The Labute approximate surface area is 287 Å². The van der Waals surface area contributed by atoms with Gasteiger partial charge in [-0.15, -0.1) is 11.3 Å². The number of hydrogen-bond acceptors (Lipinski definition) is 8. The molecule has 1 fully saturated rings. The van der Waals surface area contributed by atoms with Crippen LogP contribution < -0.4 is 26.4 Å². The number of benzene rings is 2. The zero-order valence-electron chi connectivity index (χ0n) is 28.3. The third-order valence-corrected chi connectivity index (χ3v) is 9.35. The van der Waals surface area contributed by atoms with Crippen molar-refractivity contribution < 1.29 is 23.9 Å². The molecule has 11 nitrogen and oxygen atoms in total. The summed E-state index contributed by atoms with van der Waals surface area (Å²) < 4.78 is 5.70. The van der Waals surface area contributed by atoms with Gasteiger partial charge in [-0.05, 0) is 86.4 Å². The molecule has 0 unspecified atom stereocenters. The molecule has 0 bridgehead atoms. The molecule has 0 radical (unpaired) electrons. The van der Waals surface area contributed by atoms with Gasteiger partial charge in [-0.25, -0.2) is 4.98 Å². The van der Waals surface area contributed by atoms with Crippen molar-refractivity contribution in [2.24, 2.45) is 11.1 Å². The molecule has 1 aliphatic rings. The van der Waals surface area contributed by atoms with E-state index in [4.69, 9.17) is 10.5 Å². The lowest BCUT2D eigenvalue weighted by Crippen LogP contribution is -2.58. The SMILES string of the molecule is Cc1ncsc1-c1ccc(CNC(=O)[C@@H]2CCCN2C(=O)[C@@H](NC(=O)CNCCCCCOc2ccc(C(N)=O)cc2)C(C)(C)C)cc1. The molecule has 5 N–H and O–H groups in total. The van der Waals surface area contributed by atoms with Crippen molar-refractivity contribution in [3.05, 3.63) is 70.9 Å². The van der Waals surface area contributed by atoms with Crippen LogP contribution in [0.25, 0.3) is 10.4 Å². The summed E-state index contributed by atoms with van der Waals surface area (Å²) in [5.41, 5.74) is 10.0. The molecule has 1 aliphatic heterocycles. The molecule has 0 aliphatic carbocycles. The maximum atomic E-state index is 13.8. The van der Waals surface area contributed by atoms with Crippen LogP contribution in [0.2, 0.25) is 0 Å². The highest BCUT2D eigenvalue weighted by atomic mass is 32.1. The maximum Gasteiger partial charge on any atom is 0.248 e. The van der Waals surface area contributed by atoms with Crippen LogP contribution in [-0.2, 0) is 20.9 Å². The molecular formula is C36H48N6O5S. The van der Waals surface area contributed by atoms with Crippen molar-refractivity contribution in [1.82, 2.24) is 25.8 Å². The average molecular weight is 677 g/mol. The van der Waals surface area contributed by atoms with Crippen LogP contribution >= 0.6 is 11.3 Å². The molecule has 1 aromatic heterocycles. The highest BCUT2D eigenvalue weighted by molar-refractivity contribution is 7.13. The molecule has 2 heterocycles. The predicted octanol–water partition coefficient (Wildman–Crippen LogP) is 4.19. The zero-order chi connectivity index (χ0) is 34.7. The summed E-state index contributed by atoms with van der Waals surface area (Å²) in [6.45, 7) is 9.86. The van der Waals surface area contributed by atoms with Crippen molar-refractivity contribution in [2.45, 2.75) is 78.4 Å². The Kier molecular flexibility index (Phi) is 13.1. The molecule has 2 aromatic carbocycles. The molecule has 0 saturated carbocycles. The normalized spacial score (nSPS) is 15.2. The fraction of sp³-hybridized carbons (Fsp3) is 0.472. The van der Waals surface area contributed by atoms with E-state index >= 15 is 0 Å². The lowest BCUT2D eigenvalue weighted by molar-refractivity contribution is -0.143. The molecule has 48 heavy (non-hydrogen) atoms. The Morgan fingerprint density at radius 3 is 2.42 bits per heavy atom. The fourth-order valence-corrected chi connectivity index (χ4v) is 6.44. The first-order valence-electron chi connectivity index (χ1n) is 16.5. The van der Waals surface area contributed by atoms with Gasteiger partial charge in [0.15, 0.2) is 0 Å². The minimum Gasteiger partial charge on any atom is -0.494 e. The molecule has 1 saturated heterocycles. The van der Waals surface area contributed by atoms with Crippen molar-refractivity contribution >= 4 is 35.0 Å². The smallest absolute Gasteiger partial charge is 0.248 e. The number of unbranched alkanes of at least 4 members (excludes halogenated alkanes) is 2. The largest absolute Gasteiger partial charge is 0.494 e. The van der Waals surface area contributed by atoms with Gasteiger partial charge in [0.25, 0.3) is 0 Å². The number of likely N-dealkylation sites (tertiary alicyclic amines) is 1. The number of nitrogens with zero attached hydrogens (tertiary/aromatic N) is 2. The lowest BCUT2D eigenvalue weighted by atomic mass is 9.85. The summed E-state index contributed by atoms with van der Waals surface area (Å²) >= 11 is 1.60. The number of aryl methyl sites for hydroxylation is 1. The summed E-state index contributed by atoms with van der Waals surface area (Å²) in [5, 5.41) is 9.11.